The third kappa shape index (κ3) is 3.93. The highest BCUT2D eigenvalue weighted by Crippen LogP contribution is 2.27. The van der Waals surface area contributed by atoms with Crippen LogP contribution in [-0.2, 0) is 17.2 Å². The molecule has 19 heavy (non-hydrogen) atoms. The first-order valence-electron chi connectivity index (χ1n) is 5.69. The van der Waals surface area contributed by atoms with Gasteiger partial charge in [-0.3, -0.25) is 0 Å². The summed E-state index contributed by atoms with van der Waals surface area (Å²) >= 11 is 9.25. The highest BCUT2D eigenvalue weighted by molar-refractivity contribution is 9.10. The number of nitrogens with zero attached hydrogens (tertiary/aromatic N) is 1. The van der Waals surface area contributed by atoms with Crippen LogP contribution in [0.2, 0.25) is 0 Å². The molecule has 0 aliphatic carbocycles. The molecular formula is C14H13BrClNO2. The van der Waals surface area contributed by atoms with Crippen molar-refractivity contribution in [1.82, 2.24) is 4.98 Å². The number of hydrogen-bond donors (Lipinski definition) is 0. The van der Waals surface area contributed by atoms with Crippen LogP contribution in [0.3, 0.4) is 0 Å². The number of ether oxygens (including phenoxy) is 2. The zero-order chi connectivity index (χ0) is 13.7. The van der Waals surface area contributed by atoms with Gasteiger partial charge in [0.25, 0.3) is 0 Å². The summed E-state index contributed by atoms with van der Waals surface area (Å²) in [6, 6.07) is 9.59. The monoisotopic (exact) mass is 341 g/mol. The molecular weight excluding hydrogens is 330 g/mol. The zero-order valence-electron chi connectivity index (χ0n) is 10.4. The van der Waals surface area contributed by atoms with Gasteiger partial charge in [-0.2, -0.15) is 0 Å². The number of methoxy groups -OCH3 is 1. The molecule has 0 aliphatic rings. The van der Waals surface area contributed by atoms with E-state index in [-0.39, 0.29) is 0 Å². The molecule has 0 radical (unpaired) electrons. The van der Waals surface area contributed by atoms with Crippen LogP contribution >= 0.6 is 27.5 Å². The number of benzene rings is 1. The van der Waals surface area contributed by atoms with Crippen molar-refractivity contribution in [2.24, 2.45) is 0 Å². The van der Waals surface area contributed by atoms with Gasteiger partial charge < -0.3 is 9.47 Å². The smallest absolute Gasteiger partial charge is 0.223 e. The van der Waals surface area contributed by atoms with E-state index in [9.17, 15) is 0 Å². The third-order valence-corrected chi connectivity index (χ3v) is 3.18. The molecule has 0 amide bonds. The predicted octanol–water partition coefficient (Wildman–Crippen LogP) is 4.52. The first-order valence-corrected chi connectivity index (χ1v) is 7.02. The van der Waals surface area contributed by atoms with Crippen molar-refractivity contribution in [1.29, 1.82) is 0 Å². The Morgan fingerprint density at radius 2 is 2.16 bits per heavy atom. The first kappa shape index (κ1) is 14.3. The maximum Gasteiger partial charge on any atom is 0.223 e. The van der Waals surface area contributed by atoms with E-state index in [1.54, 1.807) is 13.3 Å². The van der Waals surface area contributed by atoms with Gasteiger partial charge in [0.15, 0.2) is 0 Å². The molecule has 2 rings (SSSR count). The number of aromatic nitrogens is 1. The summed E-state index contributed by atoms with van der Waals surface area (Å²) in [7, 11) is 1.66. The number of halogens is 2. The fourth-order valence-corrected chi connectivity index (χ4v) is 2.20. The average molecular weight is 343 g/mol. The van der Waals surface area contributed by atoms with Gasteiger partial charge in [-0.15, -0.1) is 11.6 Å². The molecule has 3 nitrogen and oxygen atoms in total. The third-order valence-electron chi connectivity index (χ3n) is 2.46. The van der Waals surface area contributed by atoms with Crippen molar-refractivity contribution in [3.05, 3.63) is 52.1 Å². The second-order valence-electron chi connectivity index (χ2n) is 3.93. The van der Waals surface area contributed by atoms with E-state index in [0.717, 1.165) is 21.3 Å². The summed E-state index contributed by atoms with van der Waals surface area (Å²) in [5.41, 5.74) is 1.89. The summed E-state index contributed by atoms with van der Waals surface area (Å²) in [5.74, 6) is 1.59. The van der Waals surface area contributed by atoms with Gasteiger partial charge in [-0.25, -0.2) is 4.98 Å². The second-order valence-corrected chi connectivity index (χ2v) is 5.12. The van der Waals surface area contributed by atoms with E-state index in [2.05, 4.69) is 20.9 Å². The van der Waals surface area contributed by atoms with Crippen LogP contribution in [0.15, 0.2) is 41.0 Å². The van der Waals surface area contributed by atoms with E-state index >= 15 is 0 Å². The molecule has 0 atom stereocenters. The molecule has 100 valence electrons. The quantitative estimate of drug-likeness (QED) is 0.749. The summed E-state index contributed by atoms with van der Waals surface area (Å²) in [6.07, 6.45) is 1.68. The molecule has 2 aromatic rings. The Balaban J connectivity index is 2.23. The lowest BCUT2D eigenvalue weighted by molar-refractivity contribution is 0.184. The molecule has 0 saturated carbocycles. The molecule has 0 saturated heterocycles. The highest BCUT2D eigenvalue weighted by Gasteiger charge is 2.07. The van der Waals surface area contributed by atoms with Crippen LogP contribution in [0.1, 0.15) is 11.1 Å². The van der Waals surface area contributed by atoms with Crippen molar-refractivity contribution in [3.63, 3.8) is 0 Å². The first-order chi connectivity index (χ1) is 9.22. The normalized spacial score (nSPS) is 10.5. The van der Waals surface area contributed by atoms with Crippen LogP contribution < -0.4 is 4.74 Å². The minimum Gasteiger partial charge on any atom is -0.439 e. The van der Waals surface area contributed by atoms with Crippen molar-refractivity contribution in [3.8, 4) is 11.6 Å². The van der Waals surface area contributed by atoms with Crippen LogP contribution in [0.25, 0.3) is 0 Å². The van der Waals surface area contributed by atoms with E-state index < -0.39 is 0 Å². The zero-order valence-corrected chi connectivity index (χ0v) is 12.7. The van der Waals surface area contributed by atoms with Crippen LogP contribution in [0.4, 0.5) is 0 Å². The topological polar surface area (TPSA) is 31.4 Å². The lowest BCUT2D eigenvalue weighted by atomic mass is 10.2. The van der Waals surface area contributed by atoms with Gasteiger partial charge in [-0.1, -0.05) is 12.1 Å². The van der Waals surface area contributed by atoms with Crippen molar-refractivity contribution in [2.45, 2.75) is 12.5 Å². The molecule has 1 heterocycles. The van der Waals surface area contributed by atoms with Crippen molar-refractivity contribution >= 4 is 27.5 Å². The number of hydrogen-bond acceptors (Lipinski definition) is 3. The SMILES string of the molecule is COCc1cccc(Oc2ncc(Br)cc2CCl)c1. The largest absolute Gasteiger partial charge is 0.439 e. The fourth-order valence-electron chi connectivity index (χ4n) is 1.63. The standard InChI is InChI=1S/C14H13BrClNO2/c1-18-9-10-3-2-4-13(5-10)19-14-11(7-16)6-12(15)8-17-14/h2-6,8H,7,9H2,1H3. The fraction of sp³-hybridized carbons (Fsp3) is 0.214. The second kappa shape index (κ2) is 6.89. The molecule has 0 bridgehead atoms. The lowest BCUT2D eigenvalue weighted by Gasteiger charge is -2.09. The molecule has 0 spiro atoms. The lowest BCUT2D eigenvalue weighted by Crippen LogP contribution is -1.94. The number of alkyl halides is 1. The van der Waals surface area contributed by atoms with E-state index in [1.807, 2.05) is 30.3 Å². The minimum atomic E-state index is 0.347. The van der Waals surface area contributed by atoms with Gasteiger partial charge in [0, 0.05) is 23.3 Å². The average Bonchev–Trinajstić information content (AvgIpc) is 2.41. The molecule has 0 fully saturated rings. The summed E-state index contributed by atoms with van der Waals surface area (Å²) in [5, 5.41) is 0. The van der Waals surface area contributed by atoms with Gasteiger partial charge >= 0.3 is 0 Å². The van der Waals surface area contributed by atoms with Gasteiger partial charge in [-0.05, 0) is 39.7 Å². The van der Waals surface area contributed by atoms with E-state index in [1.165, 1.54) is 0 Å². The maximum absolute atomic E-state index is 5.89. The maximum atomic E-state index is 5.89. The van der Waals surface area contributed by atoms with Crippen molar-refractivity contribution < 1.29 is 9.47 Å². The molecule has 5 heteroatoms. The molecule has 1 aromatic carbocycles. The Kier molecular flexibility index (Phi) is 5.19. The number of pyridine rings is 1. The van der Waals surface area contributed by atoms with Crippen LogP contribution in [0.5, 0.6) is 11.6 Å². The molecule has 0 unspecified atom stereocenters. The molecule has 0 aliphatic heterocycles. The molecule has 1 aromatic heterocycles. The Hall–Kier alpha value is -1.10. The van der Waals surface area contributed by atoms with E-state index in [4.69, 9.17) is 21.1 Å². The van der Waals surface area contributed by atoms with Gasteiger partial charge in [0.1, 0.15) is 5.75 Å². The Bertz CT molecular complexity index is 563. The summed E-state index contributed by atoms with van der Waals surface area (Å²) < 4.78 is 11.7. The van der Waals surface area contributed by atoms with Crippen molar-refractivity contribution in [2.75, 3.05) is 7.11 Å². The predicted molar refractivity (Wildman–Crippen MR) is 78.7 cm³/mol. The Labute approximate surface area is 125 Å². The highest BCUT2D eigenvalue weighted by atomic mass is 79.9. The van der Waals surface area contributed by atoms with Gasteiger partial charge in [0.2, 0.25) is 5.88 Å². The van der Waals surface area contributed by atoms with E-state index in [0.29, 0.717) is 18.4 Å². The summed E-state index contributed by atoms with van der Waals surface area (Å²) in [4.78, 5) is 4.24. The van der Waals surface area contributed by atoms with Gasteiger partial charge in [0.05, 0.1) is 12.5 Å². The number of rotatable bonds is 5. The van der Waals surface area contributed by atoms with Crippen LogP contribution in [-0.4, -0.2) is 12.1 Å². The molecule has 0 N–H and O–H groups in total. The Morgan fingerprint density at radius 3 is 2.89 bits per heavy atom. The summed E-state index contributed by atoms with van der Waals surface area (Å²) in [6.45, 7) is 0.549. The minimum absolute atomic E-state index is 0.347. The van der Waals surface area contributed by atoms with Crippen LogP contribution in [0, 0.1) is 0 Å². The Morgan fingerprint density at radius 1 is 1.32 bits per heavy atom.